The molecular weight excluding hydrogens is 504 g/mol. The number of ether oxygens (including phenoxy) is 3. The Labute approximate surface area is 214 Å². The Hall–Kier alpha value is -3.57. The molecule has 1 amide bonds. The minimum absolute atomic E-state index is 0.0574. The van der Waals surface area contributed by atoms with Gasteiger partial charge in [-0.1, -0.05) is 12.1 Å². The maximum absolute atomic E-state index is 13.5. The van der Waals surface area contributed by atoms with Gasteiger partial charge in [-0.2, -0.15) is 0 Å². The van der Waals surface area contributed by atoms with Crippen molar-refractivity contribution in [1.29, 1.82) is 0 Å². The zero-order chi connectivity index (χ0) is 26.3. The van der Waals surface area contributed by atoms with Crippen LogP contribution in [0, 0.1) is 0 Å². The molecule has 0 fully saturated rings. The zero-order valence-corrected chi connectivity index (χ0v) is 22.1. The predicted molar refractivity (Wildman–Crippen MR) is 138 cm³/mol. The van der Waals surface area contributed by atoms with Crippen LogP contribution in [0.5, 0.6) is 11.5 Å². The zero-order valence-electron chi connectivity index (χ0n) is 20.4. The Balaban J connectivity index is 1.81. The molecule has 1 aromatic heterocycles. The van der Waals surface area contributed by atoms with Crippen molar-refractivity contribution >= 4 is 38.9 Å². The highest BCUT2D eigenvalue weighted by Gasteiger charge is 2.29. The van der Waals surface area contributed by atoms with Gasteiger partial charge in [-0.25, -0.2) is 13.2 Å². The van der Waals surface area contributed by atoms with Gasteiger partial charge < -0.3 is 19.5 Å². The highest BCUT2D eigenvalue weighted by atomic mass is 32.2. The average molecular weight is 533 g/mol. The van der Waals surface area contributed by atoms with Gasteiger partial charge in [0.1, 0.15) is 9.77 Å². The Kier molecular flexibility index (Phi) is 8.94. The van der Waals surface area contributed by atoms with Crippen LogP contribution < -0.4 is 19.1 Å². The van der Waals surface area contributed by atoms with Gasteiger partial charge in [-0.15, -0.1) is 11.3 Å². The molecule has 9 nitrogen and oxygen atoms in total. The van der Waals surface area contributed by atoms with Gasteiger partial charge in [-0.05, 0) is 55.1 Å². The molecule has 3 rings (SSSR count). The maximum Gasteiger partial charge on any atom is 0.337 e. The third-order valence-electron chi connectivity index (χ3n) is 5.17. The highest BCUT2D eigenvalue weighted by molar-refractivity contribution is 7.93. The summed E-state index contributed by atoms with van der Waals surface area (Å²) in [5.41, 5.74) is 1.38. The van der Waals surface area contributed by atoms with E-state index in [9.17, 15) is 18.0 Å². The number of nitrogens with one attached hydrogen (secondary N) is 1. The molecule has 3 aromatic rings. The summed E-state index contributed by atoms with van der Waals surface area (Å²) in [6.07, 6.45) is 0. The summed E-state index contributed by atoms with van der Waals surface area (Å²) in [6, 6.07) is 12.9. The van der Waals surface area contributed by atoms with Crippen molar-refractivity contribution in [3.8, 4) is 11.5 Å². The van der Waals surface area contributed by atoms with Gasteiger partial charge in [-0.3, -0.25) is 9.10 Å². The van der Waals surface area contributed by atoms with Crippen LogP contribution in [0.3, 0.4) is 0 Å². The van der Waals surface area contributed by atoms with Crippen molar-refractivity contribution < 1.29 is 32.2 Å². The van der Waals surface area contributed by atoms with Crippen molar-refractivity contribution in [2.24, 2.45) is 0 Å². The molecule has 0 radical (unpaired) electrons. The normalized spacial score (nSPS) is 11.0. The van der Waals surface area contributed by atoms with Crippen molar-refractivity contribution in [1.82, 2.24) is 5.32 Å². The summed E-state index contributed by atoms with van der Waals surface area (Å²) in [4.78, 5) is 24.6. The Bertz CT molecular complexity index is 1340. The molecule has 11 heteroatoms. The average Bonchev–Trinajstić information content (AvgIpc) is 3.39. The third kappa shape index (κ3) is 5.97. The van der Waals surface area contributed by atoms with E-state index in [0.717, 1.165) is 15.6 Å². The van der Waals surface area contributed by atoms with Gasteiger partial charge in [0.05, 0.1) is 31.6 Å². The first-order valence-corrected chi connectivity index (χ1v) is 13.5. The SMILES string of the molecule is CCOc1ccc(N(C)S(=O)(=O)c2ccsc2C(=O)NCc2cccc(C(=O)OC)c2)cc1OCC. The summed E-state index contributed by atoms with van der Waals surface area (Å²) in [5, 5.41) is 4.28. The number of amides is 1. The first kappa shape index (κ1) is 27.0. The Morgan fingerprint density at radius 3 is 2.42 bits per heavy atom. The number of sulfonamides is 1. The van der Waals surface area contributed by atoms with Gasteiger partial charge in [0.2, 0.25) is 0 Å². The van der Waals surface area contributed by atoms with Crippen molar-refractivity contribution in [2.75, 3.05) is 31.7 Å². The number of rotatable bonds is 11. The fourth-order valence-electron chi connectivity index (χ4n) is 3.38. The number of hydrogen-bond acceptors (Lipinski definition) is 8. The molecule has 0 aliphatic carbocycles. The summed E-state index contributed by atoms with van der Waals surface area (Å²) in [6.45, 7) is 4.60. The summed E-state index contributed by atoms with van der Waals surface area (Å²) in [5.74, 6) is -0.0843. The van der Waals surface area contributed by atoms with Gasteiger partial charge in [0, 0.05) is 19.7 Å². The first-order chi connectivity index (χ1) is 17.2. The second-order valence-corrected chi connectivity index (χ2v) is 10.3. The smallest absolute Gasteiger partial charge is 0.337 e. The third-order valence-corrected chi connectivity index (χ3v) is 8.04. The number of carbonyl (C=O) groups excluding carboxylic acids is 2. The number of benzene rings is 2. The molecule has 36 heavy (non-hydrogen) atoms. The summed E-state index contributed by atoms with van der Waals surface area (Å²) in [7, 11) is -1.36. The van der Waals surface area contributed by atoms with Crippen molar-refractivity contribution in [2.45, 2.75) is 25.3 Å². The second-order valence-electron chi connectivity index (χ2n) is 7.46. The predicted octanol–water partition coefficient (Wildman–Crippen LogP) is 4.09. The molecule has 1 heterocycles. The van der Waals surface area contributed by atoms with E-state index in [-0.39, 0.29) is 16.3 Å². The lowest BCUT2D eigenvalue weighted by Gasteiger charge is -2.21. The largest absolute Gasteiger partial charge is 0.490 e. The fraction of sp³-hybridized carbons (Fsp3) is 0.280. The molecule has 0 aliphatic rings. The maximum atomic E-state index is 13.5. The number of hydrogen-bond donors (Lipinski definition) is 1. The van der Waals surface area contributed by atoms with Crippen LogP contribution in [-0.4, -0.2) is 47.7 Å². The van der Waals surface area contributed by atoms with Crippen LogP contribution in [0.2, 0.25) is 0 Å². The lowest BCUT2D eigenvalue weighted by molar-refractivity contribution is 0.0600. The van der Waals surface area contributed by atoms with Crippen LogP contribution >= 0.6 is 11.3 Å². The van der Waals surface area contributed by atoms with E-state index in [1.165, 1.54) is 20.2 Å². The van der Waals surface area contributed by atoms with E-state index < -0.39 is 21.9 Å². The summed E-state index contributed by atoms with van der Waals surface area (Å²) >= 11 is 1.03. The van der Waals surface area contributed by atoms with E-state index >= 15 is 0 Å². The van der Waals surface area contributed by atoms with Crippen molar-refractivity contribution in [3.63, 3.8) is 0 Å². The number of nitrogens with zero attached hydrogens (tertiary/aromatic N) is 1. The van der Waals surface area contributed by atoms with Gasteiger partial charge in [0.25, 0.3) is 15.9 Å². The first-order valence-electron chi connectivity index (χ1n) is 11.1. The van der Waals surface area contributed by atoms with Crippen LogP contribution in [0.25, 0.3) is 0 Å². The van der Waals surface area contributed by atoms with E-state index in [1.54, 1.807) is 47.8 Å². The van der Waals surface area contributed by atoms with Gasteiger partial charge >= 0.3 is 5.97 Å². The minimum Gasteiger partial charge on any atom is -0.490 e. The standard InChI is InChI=1S/C25H28N2O7S2/c1-5-33-20-11-10-19(15-21(20)34-6-2)27(3)36(30,31)22-12-13-35-23(22)24(28)26-16-17-8-7-9-18(14-17)25(29)32-4/h7-15H,5-6,16H2,1-4H3,(H,26,28). The Morgan fingerprint density at radius 1 is 1.00 bits per heavy atom. The molecule has 0 unspecified atom stereocenters. The number of methoxy groups -OCH3 is 1. The molecule has 192 valence electrons. The number of thiophene rings is 1. The molecule has 0 atom stereocenters. The molecule has 0 saturated heterocycles. The quantitative estimate of drug-likeness (QED) is 0.370. The number of carbonyl (C=O) groups is 2. The van der Waals surface area contributed by atoms with Crippen LogP contribution in [0.15, 0.2) is 58.8 Å². The Morgan fingerprint density at radius 2 is 1.72 bits per heavy atom. The molecule has 0 bridgehead atoms. The van der Waals surface area contributed by atoms with E-state index in [0.29, 0.717) is 41.5 Å². The topological polar surface area (TPSA) is 111 Å². The van der Waals surface area contributed by atoms with E-state index in [2.05, 4.69) is 5.32 Å². The lowest BCUT2D eigenvalue weighted by Crippen LogP contribution is -2.29. The second kappa shape index (κ2) is 11.9. The fourth-order valence-corrected chi connectivity index (χ4v) is 5.88. The monoisotopic (exact) mass is 532 g/mol. The minimum atomic E-state index is -4.06. The molecule has 0 aliphatic heterocycles. The molecular formula is C25H28N2O7S2. The van der Waals surface area contributed by atoms with Gasteiger partial charge in [0.15, 0.2) is 11.5 Å². The van der Waals surface area contributed by atoms with E-state index in [1.807, 2.05) is 13.8 Å². The highest BCUT2D eigenvalue weighted by Crippen LogP contribution is 2.34. The van der Waals surface area contributed by atoms with Crippen molar-refractivity contribution in [3.05, 3.63) is 69.9 Å². The lowest BCUT2D eigenvalue weighted by atomic mass is 10.1. The molecule has 1 N–H and O–H groups in total. The molecule has 2 aromatic carbocycles. The summed E-state index contributed by atoms with van der Waals surface area (Å²) < 4.78 is 43.9. The molecule has 0 spiro atoms. The van der Waals surface area contributed by atoms with E-state index in [4.69, 9.17) is 14.2 Å². The molecule has 0 saturated carbocycles. The van der Waals surface area contributed by atoms with Crippen LogP contribution in [0.4, 0.5) is 5.69 Å². The van der Waals surface area contributed by atoms with Crippen LogP contribution in [0.1, 0.15) is 39.4 Å². The number of anilines is 1. The van der Waals surface area contributed by atoms with Crippen LogP contribution in [-0.2, 0) is 21.3 Å². The number of esters is 1.